The van der Waals surface area contributed by atoms with E-state index in [9.17, 15) is 0 Å². The molecule has 1 aliphatic rings. The van der Waals surface area contributed by atoms with Crippen molar-refractivity contribution in [1.29, 1.82) is 0 Å². The van der Waals surface area contributed by atoms with Crippen molar-refractivity contribution in [3.63, 3.8) is 0 Å². The fourth-order valence-electron chi connectivity index (χ4n) is 3.63. The molecule has 1 aromatic rings. The Morgan fingerprint density at radius 1 is 1.39 bits per heavy atom. The van der Waals surface area contributed by atoms with Gasteiger partial charge in [-0.2, -0.15) is 0 Å². The van der Waals surface area contributed by atoms with Crippen LogP contribution in [0.2, 0.25) is 0 Å². The number of hydrogen-bond acceptors (Lipinski definition) is 4. The number of rotatable bonds is 6. The molecule has 1 aromatic heterocycles. The maximum absolute atomic E-state index is 5.86. The van der Waals surface area contributed by atoms with E-state index >= 15 is 0 Å². The second kappa shape index (κ2) is 5.87. The van der Waals surface area contributed by atoms with Gasteiger partial charge in [-0.25, -0.2) is 0 Å². The van der Waals surface area contributed by atoms with E-state index in [1.54, 1.807) is 6.26 Å². The summed E-state index contributed by atoms with van der Waals surface area (Å²) in [5.41, 5.74) is 4.33. The zero-order chi connectivity index (χ0) is 13.0. The van der Waals surface area contributed by atoms with Crippen LogP contribution in [-0.4, -0.2) is 23.5 Å². The Kier molecular flexibility index (Phi) is 4.43. The molecule has 18 heavy (non-hydrogen) atoms. The molecule has 4 heteroatoms. The van der Waals surface area contributed by atoms with E-state index in [1.165, 1.54) is 25.7 Å². The van der Waals surface area contributed by atoms with E-state index in [4.69, 9.17) is 10.3 Å². The van der Waals surface area contributed by atoms with Crippen molar-refractivity contribution < 1.29 is 4.42 Å². The average Bonchev–Trinajstić information content (AvgIpc) is 3.04. The molecule has 2 rings (SSSR count). The van der Waals surface area contributed by atoms with Gasteiger partial charge < -0.3 is 4.42 Å². The Balaban J connectivity index is 2.33. The number of hydrazine groups is 1. The van der Waals surface area contributed by atoms with Crippen molar-refractivity contribution in [3.05, 3.63) is 24.2 Å². The molecule has 0 spiro atoms. The van der Waals surface area contributed by atoms with Crippen LogP contribution in [0, 0.1) is 0 Å². The summed E-state index contributed by atoms with van der Waals surface area (Å²) in [7, 11) is 0. The summed E-state index contributed by atoms with van der Waals surface area (Å²) < 4.78 is 5.23. The van der Waals surface area contributed by atoms with Crippen LogP contribution in [0.15, 0.2) is 23.0 Å². The van der Waals surface area contributed by atoms with E-state index in [0.29, 0.717) is 0 Å². The fourth-order valence-corrected chi connectivity index (χ4v) is 3.63. The van der Waals surface area contributed by atoms with Crippen molar-refractivity contribution in [2.75, 3.05) is 13.1 Å². The van der Waals surface area contributed by atoms with Crippen LogP contribution < -0.4 is 11.3 Å². The molecule has 0 aromatic carbocycles. The van der Waals surface area contributed by atoms with E-state index in [2.05, 4.69) is 24.2 Å². The number of furan rings is 1. The van der Waals surface area contributed by atoms with Gasteiger partial charge >= 0.3 is 0 Å². The van der Waals surface area contributed by atoms with Crippen LogP contribution >= 0.6 is 0 Å². The third kappa shape index (κ3) is 2.20. The Labute approximate surface area is 109 Å². The number of nitrogens with one attached hydrogen (secondary N) is 1. The molecule has 0 amide bonds. The van der Waals surface area contributed by atoms with Gasteiger partial charge in [-0.3, -0.25) is 16.2 Å². The minimum absolute atomic E-state index is 0.141. The summed E-state index contributed by atoms with van der Waals surface area (Å²) in [5.74, 6) is 5.86. The zero-order valence-corrected chi connectivity index (χ0v) is 11.5. The summed E-state index contributed by atoms with van der Waals surface area (Å²) in [6.07, 6.45) is 8.52. The Morgan fingerprint density at radius 2 is 2.06 bits per heavy atom. The van der Waals surface area contributed by atoms with E-state index < -0.39 is 0 Å². The van der Waals surface area contributed by atoms with Crippen molar-refractivity contribution >= 4 is 0 Å². The van der Waals surface area contributed by atoms with Crippen molar-refractivity contribution in [2.24, 2.45) is 5.84 Å². The number of hydrogen-bond donors (Lipinski definition) is 2. The van der Waals surface area contributed by atoms with Crippen LogP contribution in [0.3, 0.4) is 0 Å². The highest BCUT2D eigenvalue weighted by Crippen LogP contribution is 2.44. The van der Waals surface area contributed by atoms with Gasteiger partial charge in [0.25, 0.3) is 0 Å². The molecule has 1 aliphatic carbocycles. The average molecular weight is 251 g/mol. The summed E-state index contributed by atoms with van der Waals surface area (Å²) in [6.45, 7) is 6.58. The highest BCUT2D eigenvalue weighted by Gasteiger charge is 2.45. The second-order valence-corrected chi connectivity index (χ2v) is 5.14. The lowest BCUT2D eigenvalue weighted by atomic mass is 9.83. The molecule has 1 atom stereocenters. The molecule has 0 aliphatic heterocycles. The van der Waals surface area contributed by atoms with E-state index in [0.717, 1.165) is 18.7 Å². The summed E-state index contributed by atoms with van der Waals surface area (Å²) >= 11 is 0. The molecule has 102 valence electrons. The van der Waals surface area contributed by atoms with Gasteiger partial charge in [0, 0.05) is 11.1 Å². The maximum Gasteiger partial charge on any atom is 0.0951 e. The smallest absolute Gasteiger partial charge is 0.0951 e. The maximum atomic E-state index is 5.86. The topological polar surface area (TPSA) is 54.4 Å². The predicted molar refractivity (Wildman–Crippen MR) is 72.9 cm³/mol. The van der Waals surface area contributed by atoms with Crippen LogP contribution in [0.5, 0.6) is 0 Å². The van der Waals surface area contributed by atoms with Gasteiger partial charge in [-0.15, -0.1) is 0 Å². The van der Waals surface area contributed by atoms with Crippen LogP contribution in [0.1, 0.15) is 51.1 Å². The van der Waals surface area contributed by atoms with E-state index in [1.807, 2.05) is 12.3 Å². The van der Waals surface area contributed by atoms with Crippen molar-refractivity contribution in [2.45, 2.75) is 51.1 Å². The highest BCUT2D eigenvalue weighted by atomic mass is 16.3. The third-order valence-corrected chi connectivity index (χ3v) is 4.44. The second-order valence-electron chi connectivity index (χ2n) is 5.14. The predicted octanol–water partition coefficient (Wildman–Crippen LogP) is 2.44. The van der Waals surface area contributed by atoms with Crippen LogP contribution in [-0.2, 0) is 0 Å². The molecular formula is C14H25N3O. The Bertz CT molecular complexity index is 340. The number of nitrogens with zero attached hydrogens (tertiary/aromatic N) is 1. The molecule has 1 unspecified atom stereocenters. The largest absolute Gasteiger partial charge is 0.472 e. The SMILES string of the molecule is CCN(CC)C1(C(NN)c2ccoc2)CCCC1. The molecule has 1 saturated carbocycles. The van der Waals surface area contributed by atoms with Crippen molar-refractivity contribution in [3.8, 4) is 0 Å². The normalized spacial score (nSPS) is 20.4. The third-order valence-electron chi connectivity index (χ3n) is 4.44. The van der Waals surface area contributed by atoms with Gasteiger partial charge in [0.1, 0.15) is 0 Å². The quantitative estimate of drug-likeness (QED) is 0.602. The van der Waals surface area contributed by atoms with Gasteiger partial charge in [-0.05, 0) is 32.0 Å². The fraction of sp³-hybridized carbons (Fsp3) is 0.714. The molecule has 0 radical (unpaired) electrons. The minimum Gasteiger partial charge on any atom is -0.472 e. The summed E-state index contributed by atoms with van der Waals surface area (Å²) in [4.78, 5) is 2.55. The first-order valence-corrected chi connectivity index (χ1v) is 7.01. The van der Waals surface area contributed by atoms with Crippen molar-refractivity contribution in [1.82, 2.24) is 10.3 Å². The number of nitrogens with two attached hydrogens (primary N) is 1. The molecule has 1 heterocycles. The summed E-state index contributed by atoms with van der Waals surface area (Å²) in [5, 5.41) is 0. The molecule has 3 N–H and O–H groups in total. The first-order chi connectivity index (χ1) is 8.78. The lowest BCUT2D eigenvalue weighted by Crippen LogP contribution is -2.56. The first-order valence-electron chi connectivity index (χ1n) is 7.01. The molecule has 4 nitrogen and oxygen atoms in total. The zero-order valence-electron chi connectivity index (χ0n) is 11.5. The van der Waals surface area contributed by atoms with Crippen LogP contribution in [0.25, 0.3) is 0 Å². The van der Waals surface area contributed by atoms with Gasteiger partial charge in [0.2, 0.25) is 0 Å². The number of likely N-dealkylation sites (N-methyl/N-ethyl adjacent to an activating group) is 1. The molecule has 0 bridgehead atoms. The molecular weight excluding hydrogens is 226 g/mol. The Hall–Kier alpha value is -0.840. The first kappa shape index (κ1) is 13.6. The standard InChI is InChI=1S/C14H25N3O/c1-3-17(4-2)14(8-5-6-9-14)13(16-15)12-7-10-18-11-12/h7,10-11,13,16H,3-6,8-9,15H2,1-2H3. The lowest BCUT2D eigenvalue weighted by Gasteiger charge is -2.45. The van der Waals surface area contributed by atoms with Gasteiger partial charge in [0.05, 0.1) is 18.6 Å². The molecule has 0 saturated heterocycles. The van der Waals surface area contributed by atoms with E-state index in [-0.39, 0.29) is 11.6 Å². The Morgan fingerprint density at radius 3 is 2.50 bits per heavy atom. The molecule has 1 fully saturated rings. The summed E-state index contributed by atoms with van der Waals surface area (Å²) in [6, 6.07) is 2.17. The van der Waals surface area contributed by atoms with Crippen LogP contribution in [0.4, 0.5) is 0 Å². The lowest BCUT2D eigenvalue weighted by molar-refractivity contribution is 0.0624. The van der Waals surface area contributed by atoms with Gasteiger partial charge in [0.15, 0.2) is 0 Å². The van der Waals surface area contributed by atoms with Gasteiger partial charge in [-0.1, -0.05) is 26.7 Å². The highest BCUT2D eigenvalue weighted by molar-refractivity contribution is 5.20. The monoisotopic (exact) mass is 251 g/mol. The minimum atomic E-state index is 0.141.